The Morgan fingerprint density at radius 3 is 2.57 bits per heavy atom. The number of nitrogens with zero attached hydrogens (tertiary/aromatic N) is 1. The van der Waals surface area contributed by atoms with Crippen LogP contribution in [0.3, 0.4) is 0 Å². The fourth-order valence-corrected chi connectivity index (χ4v) is 4.47. The summed E-state index contributed by atoms with van der Waals surface area (Å²) in [6.45, 7) is 1.36. The lowest BCUT2D eigenvalue weighted by molar-refractivity contribution is 0.0936. The van der Waals surface area contributed by atoms with Gasteiger partial charge in [0, 0.05) is 40.9 Å². The second-order valence-corrected chi connectivity index (χ2v) is 7.72. The van der Waals surface area contributed by atoms with Gasteiger partial charge in [-0.25, -0.2) is 0 Å². The van der Waals surface area contributed by atoms with Gasteiger partial charge in [-0.2, -0.15) is 0 Å². The molecule has 2 heterocycles. The van der Waals surface area contributed by atoms with Gasteiger partial charge in [-0.15, -0.1) is 0 Å². The number of nitrogens with two attached hydrogens (primary N) is 1. The van der Waals surface area contributed by atoms with E-state index in [2.05, 4.69) is 22.0 Å². The quantitative estimate of drug-likeness (QED) is 0.359. The average Bonchev–Trinajstić information content (AvgIpc) is 3.09. The lowest BCUT2D eigenvalue weighted by Crippen LogP contribution is -2.37. The molecule has 4 N–H and O–H groups in total. The van der Waals surface area contributed by atoms with Crippen molar-refractivity contribution in [3.8, 4) is 5.75 Å². The van der Waals surface area contributed by atoms with E-state index in [0.717, 1.165) is 29.7 Å². The van der Waals surface area contributed by atoms with E-state index in [1.54, 1.807) is 24.3 Å². The second kappa shape index (κ2) is 7.35. The van der Waals surface area contributed by atoms with E-state index in [1.807, 2.05) is 36.4 Å². The number of hydrogen-bond donors (Lipinski definition) is 3. The number of nitrogens with one attached hydrogen (secondary N) is 1. The smallest absolute Gasteiger partial charge is 0.187 e. The number of para-hydroxylation sites is 2. The van der Waals surface area contributed by atoms with E-state index < -0.39 is 6.04 Å². The van der Waals surface area contributed by atoms with Crippen LogP contribution in [-0.4, -0.2) is 22.0 Å². The number of carbonyl (C=O) groups excluding carboxylic acids is 1. The Labute approximate surface area is 174 Å². The van der Waals surface area contributed by atoms with E-state index >= 15 is 0 Å². The molecule has 5 heteroatoms. The second-order valence-electron chi connectivity index (χ2n) is 7.72. The summed E-state index contributed by atoms with van der Waals surface area (Å²) in [6, 6.07) is 22.3. The molecule has 30 heavy (non-hydrogen) atoms. The summed E-state index contributed by atoms with van der Waals surface area (Å²) in [6.07, 6.45) is 0.868. The number of hydrogen-bond acceptors (Lipinski definition) is 4. The molecule has 1 aromatic heterocycles. The minimum Gasteiger partial charge on any atom is -0.508 e. The van der Waals surface area contributed by atoms with Crippen LogP contribution in [0, 0.1) is 0 Å². The summed E-state index contributed by atoms with van der Waals surface area (Å²) in [5, 5.41) is 14.3. The largest absolute Gasteiger partial charge is 0.508 e. The van der Waals surface area contributed by atoms with Crippen LogP contribution >= 0.6 is 0 Å². The van der Waals surface area contributed by atoms with Gasteiger partial charge in [0.2, 0.25) is 0 Å². The first-order chi connectivity index (χ1) is 14.6. The van der Waals surface area contributed by atoms with Gasteiger partial charge in [-0.05, 0) is 47.9 Å². The zero-order chi connectivity index (χ0) is 20.7. The van der Waals surface area contributed by atoms with Gasteiger partial charge in [-0.1, -0.05) is 42.5 Å². The molecule has 1 aliphatic heterocycles. The molecule has 4 aromatic rings. The summed E-state index contributed by atoms with van der Waals surface area (Å²) in [5.41, 5.74) is 11.6. The molecule has 0 radical (unpaired) electrons. The Morgan fingerprint density at radius 1 is 1.03 bits per heavy atom. The molecule has 1 aliphatic rings. The van der Waals surface area contributed by atoms with Gasteiger partial charge < -0.3 is 20.7 Å². The predicted octanol–water partition coefficient (Wildman–Crippen LogP) is 4.05. The Bertz CT molecular complexity index is 1240. The molecule has 5 rings (SSSR count). The first-order valence-corrected chi connectivity index (χ1v) is 10.1. The molecule has 0 saturated carbocycles. The Morgan fingerprint density at radius 2 is 1.77 bits per heavy atom. The molecule has 5 nitrogen and oxygen atoms in total. The first kappa shape index (κ1) is 18.5. The number of phenolic OH excluding ortho intramolecular Hbond substituents is 1. The summed E-state index contributed by atoms with van der Waals surface area (Å²) in [4.78, 5) is 13.5. The van der Waals surface area contributed by atoms with Crippen LogP contribution in [0.1, 0.15) is 33.2 Å². The van der Waals surface area contributed by atoms with Crippen molar-refractivity contribution >= 4 is 22.4 Å². The van der Waals surface area contributed by atoms with Gasteiger partial charge in [0.15, 0.2) is 5.78 Å². The molecular formula is C25H23N3O2. The van der Waals surface area contributed by atoms with Crippen LogP contribution in [0.25, 0.3) is 10.9 Å². The van der Waals surface area contributed by atoms with Crippen molar-refractivity contribution in [2.45, 2.75) is 19.0 Å². The highest BCUT2D eigenvalue weighted by Gasteiger charge is 2.33. The van der Waals surface area contributed by atoms with Crippen molar-refractivity contribution in [1.82, 2.24) is 9.88 Å². The van der Waals surface area contributed by atoms with E-state index in [1.165, 1.54) is 10.9 Å². The first-order valence-electron chi connectivity index (χ1n) is 10.1. The van der Waals surface area contributed by atoms with Crippen LogP contribution in [-0.2, 0) is 13.0 Å². The third-order valence-corrected chi connectivity index (χ3v) is 5.88. The third-order valence-electron chi connectivity index (χ3n) is 5.88. The summed E-state index contributed by atoms with van der Waals surface area (Å²) in [5.74, 6) is 0.233. The number of aromatic nitrogens is 1. The number of nitrogen functional groups attached to an aromatic ring is 1. The lowest BCUT2D eigenvalue weighted by atomic mass is 9.93. The molecule has 150 valence electrons. The van der Waals surface area contributed by atoms with Crippen molar-refractivity contribution < 1.29 is 9.90 Å². The molecule has 0 spiro atoms. The number of benzene rings is 3. The van der Waals surface area contributed by atoms with Crippen LogP contribution in [0.2, 0.25) is 0 Å². The highest BCUT2D eigenvalue weighted by molar-refractivity contribution is 6.05. The van der Waals surface area contributed by atoms with E-state index in [4.69, 9.17) is 5.73 Å². The molecule has 0 bridgehead atoms. The van der Waals surface area contributed by atoms with Gasteiger partial charge >= 0.3 is 0 Å². The van der Waals surface area contributed by atoms with Crippen LogP contribution < -0.4 is 11.1 Å². The number of aromatic hydroxyl groups is 1. The van der Waals surface area contributed by atoms with Crippen molar-refractivity contribution in [3.05, 3.63) is 95.2 Å². The maximum atomic E-state index is 13.5. The van der Waals surface area contributed by atoms with Crippen LogP contribution in [0.5, 0.6) is 5.75 Å². The standard InChI is InChI=1S/C25H23N3O2/c26-21-7-3-1-6-20(21)25(30)23-24-19(13-14-27-23)18-5-2-4-8-22(18)28(24)15-16-9-11-17(29)12-10-16/h1-12,23,27,29H,13-15,26H2. The van der Waals surface area contributed by atoms with Crippen molar-refractivity contribution in [1.29, 1.82) is 0 Å². The minimum atomic E-state index is -0.456. The Hall–Kier alpha value is -3.57. The molecule has 0 saturated heterocycles. The summed E-state index contributed by atoms with van der Waals surface area (Å²) in [7, 11) is 0. The number of carbonyl (C=O) groups is 1. The van der Waals surface area contributed by atoms with Crippen LogP contribution in [0.15, 0.2) is 72.8 Å². The molecule has 3 aromatic carbocycles. The minimum absolute atomic E-state index is 0.0104. The highest BCUT2D eigenvalue weighted by Crippen LogP contribution is 2.36. The fraction of sp³-hybridized carbons (Fsp3) is 0.160. The van der Waals surface area contributed by atoms with Gasteiger partial charge in [0.25, 0.3) is 0 Å². The Kier molecular flexibility index (Phi) is 4.52. The number of ketones is 1. The zero-order valence-electron chi connectivity index (χ0n) is 16.5. The zero-order valence-corrected chi connectivity index (χ0v) is 16.5. The molecule has 0 fully saturated rings. The normalized spacial score (nSPS) is 15.8. The average molecular weight is 397 g/mol. The van der Waals surface area contributed by atoms with E-state index in [-0.39, 0.29) is 11.5 Å². The molecule has 0 amide bonds. The van der Waals surface area contributed by atoms with Gasteiger partial charge in [-0.3, -0.25) is 4.79 Å². The summed E-state index contributed by atoms with van der Waals surface area (Å²) >= 11 is 0. The topological polar surface area (TPSA) is 80.3 Å². The molecule has 1 atom stereocenters. The van der Waals surface area contributed by atoms with E-state index in [9.17, 15) is 9.90 Å². The lowest BCUT2D eigenvalue weighted by Gasteiger charge is -2.26. The maximum absolute atomic E-state index is 13.5. The van der Waals surface area contributed by atoms with Crippen molar-refractivity contribution in [2.75, 3.05) is 12.3 Å². The molecular weight excluding hydrogens is 374 g/mol. The summed E-state index contributed by atoms with van der Waals surface area (Å²) < 4.78 is 2.23. The van der Waals surface area contributed by atoms with Gasteiger partial charge in [0.05, 0.1) is 0 Å². The maximum Gasteiger partial charge on any atom is 0.187 e. The number of Topliss-reactive ketones (excluding diaryl/α,β-unsaturated/α-hetero) is 1. The van der Waals surface area contributed by atoms with E-state index in [0.29, 0.717) is 17.8 Å². The predicted molar refractivity (Wildman–Crippen MR) is 119 cm³/mol. The van der Waals surface area contributed by atoms with Crippen molar-refractivity contribution in [3.63, 3.8) is 0 Å². The number of fused-ring (bicyclic) bond motifs is 3. The van der Waals surface area contributed by atoms with Crippen molar-refractivity contribution in [2.24, 2.45) is 0 Å². The SMILES string of the molecule is Nc1ccccc1C(=O)C1NCCc2c1n(Cc1ccc(O)cc1)c1ccccc21. The number of phenols is 1. The van der Waals surface area contributed by atoms with Gasteiger partial charge in [0.1, 0.15) is 11.8 Å². The van der Waals surface area contributed by atoms with Crippen LogP contribution in [0.4, 0.5) is 5.69 Å². The number of anilines is 1. The highest BCUT2D eigenvalue weighted by atomic mass is 16.3. The third kappa shape index (κ3) is 3.04. The number of rotatable bonds is 4. The monoisotopic (exact) mass is 397 g/mol. The molecule has 1 unspecified atom stereocenters. The fourth-order valence-electron chi connectivity index (χ4n) is 4.47. The Balaban J connectivity index is 1.67. The molecule has 0 aliphatic carbocycles.